The van der Waals surface area contributed by atoms with E-state index in [4.69, 9.17) is 0 Å². The van der Waals surface area contributed by atoms with Crippen LogP contribution in [0.2, 0.25) is 0 Å². The second-order valence-corrected chi connectivity index (χ2v) is 5.66. The van der Waals surface area contributed by atoms with Gasteiger partial charge in [-0.3, -0.25) is 14.5 Å². The van der Waals surface area contributed by atoms with Crippen molar-refractivity contribution in [3.63, 3.8) is 0 Å². The number of nitrogens with one attached hydrogen (secondary N) is 1. The molecule has 1 fully saturated rings. The summed E-state index contributed by atoms with van der Waals surface area (Å²) in [6, 6.07) is -0.418. The molecule has 1 unspecified atom stereocenters. The molecule has 1 saturated heterocycles. The lowest BCUT2D eigenvalue weighted by atomic mass is 10.2. The van der Waals surface area contributed by atoms with Crippen LogP contribution < -0.4 is 5.32 Å². The third kappa shape index (κ3) is 2.47. The molecule has 18 heavy (non-hydrogen) atoms. The molecule has 2 rings (SSSR count). The fourth-order valence-corrected chi connectivity index (χ4v) is 3.01. The standard InChI is InChI=1S/C13H18N2O2S/c1-8(2)15-12(16)4-11(13(15)17)14-5-10-7-18-6-9(10)3/h6-8,11,14H,4-5H2,1-3H3. The maximum absolute atomic E-state index is 12.0. The van der Waals surface area contributed by atoms with Crippen molar-refractivity contribution >= 4 is 23.2 Å². The first kappa shape index (κ1) is 13.2. The minimum Gasteiger partial charge on any atom is -0.301 e. The number of thiophene rings is 1. The van der Waals surface area contributed by atoms with E-state index in [1.807, 2.05) is 13.8 Å². The van der Waals surface area contributed by atoms with Gasteiger partial charge < -0.3 is 5.32 Å². The number of nitrogens with zero attached hydrogens (tertiary/aromatic N) is 1. The zero-order valence-electron chi connectivity index (χ0n) is 10.9. The lowest BCUT2D eigenvalue weighted by Crippen LogP contribution is -2.41. The van der Waals surface area contributed by atoms with Crippen LogP contribution in [0.1, 0.15) is 31.4 Å². The highest BCUT2D eigenvalue weighted by atomic mass is 32.1. The second kappa shape index (κ2) is 5.20. The van der Waals surface area contributed by atoms with Gasteiger partial charge in [-0.15, -0.1) is 0 Å². The van der Waals surface area contributed by atoms with Crippen LogP contribution in [0.25, 0.3) is 0 Å². The summed E-state index contributed by atoms with van der Waals surface area (Å²) in [5.41, 5.74) is 2.42. The predicted octanol–water partition coefficient (Wildman–Crippen LogP) is 1.68. The molecule has 1 aliphatic rings. The summed E-state index contributed by atoms with van der Waals surface area (Å²) in [7, 11) is 0. The zero-order valence-corrected chi connectivity index (χ0v) is 11.7. The number of rotatable bonds is 4. The lowest BCUT2D eigenvalue weighted by molar-refractivity contribution is -0.140. The Morgan fingerprint density at radius 1 is 1.44 bits per heavy atom. The van der Waals surface area contributed by atoms with Crippen LogP contribution in [-0.4, -0.2) is 28.8 Å². The van der Waals surface area contributed by atoms with E-state index in [9.17, 15) is 9.59 Å². The first-order chi connectivity index (χ1) is 8.50. The van der Waals surface area contributed by atoms with Gasteiger partial charge in [0.1, 0.15) is 0 Å². The second-order valence-electron chi connectivity index (χ2n) is 4.91. The summed E-state index contributed by atoms with van der Waals surface area (Å²) >= 11 is 1.65. The fourth-order valence-electron chi connectivity index (χ4n) is 2.15. The van der Waals surface area contributed by atoms with Crippen molar-refractivity contribution in [3.8, 4) is 0 Å². The third-order valence-corrected chi connectivity index (χ3v) is 4.11. The molecule has 1 aromatic heterocycles. The maximum Gasteiger partial charge on any atom is 0.247 e. The molecule has 1 aromatic rings. The van der Waals surface area contributed by atoms with Crippen LogP contribution in [0.4, 0.5) is 0 Å². The van der Waals surface area contributed by atoms with Crippen molar-refractivity contribution in [2.24, 2.45) is 0 Å². The maximum atomic E-state index is 12.0. The van der Waals surface area contributed by atoms with Gasteiger partial charge in [-0.1, -0.05) is 0 Å². The van der Waals surface area contributed by atoms with Crippen molar-refractivity contribution in [3.05, 3.63) is 21.9 Å². The zero-order chi connectivity index (χ0) is 13.3. The summed E-state index contributed by atoms with van der Waals surface area (Å²) in [5, 5.41) is 7.34. The van der Waals surface area contributed by atoms with E-state index in [0.29, 0.717) is 6.54 Å². The molecule has 5 heteroatoms. The van der Waals surface area contributed by atoms with Crippen LogP contribution in [0.3, 0.4) is 0 Å². The highest BCUT2D eigenvalue weighted by Gasteiger charge is 2.39. The highest BCUT2D eigenvalue weighted by molar-refractivity contribution is 7.08. The summed E-state index contributed by atoms with van der Waals surface area (Å²) in [4.78, 5) is 25.1. The van der Waals surface area contributed by atoms with Gasteiger partial charge in [-0.05, 0) is 42.7 Å². The summed E-state index contributed by atoms with van der Waals surface area (Å²) in [6.07, 6.45) is 0.278. The number of aryl methyl sites for hydroxylation is 1. The first-order valence-corrected chi connectivity index (χ1v) is 7.06. The van der Waals surface area contributed by atoms with E-state index < -0.39 is 0 Å². The van der Waals surface area contributed by atoms with Crippen molar-refractivity contribution in [1.82, 2.24) is 10.2 Å². The molecule has 0 spiro atoms. The molecule has 2 amide bonds. The average Bonchev–Trinajstić information content (AvgIpc) is 2.80. The number of carbonyl (C=O) groups is 2. The average molecular weight is 266 g/mol. The quantitative estimate of drug-likeness (QED) is 0.844. The monoisotopic (exact) mass is 266 g/mol. The molecular formula is C13H18N2O2S. The first-order valence-electron chi connectivity index (χ1n) is 6.11. The van der Waals surface area contributed by atoms with Crippen molar-refractivity contribution in [2.75, 3.05) is 0 Å². The van der Waals surface area contributed by atoms with Gasteiger partial charge in [0.2, 0.25) is 11.8 Å². The Balaban J connectivity index is 1.98. The predicted molar refractivity (Wildman–Crippen MR) is 71.3 cm³/mol. The van der Waals surface area contributed by atoms with Crippen molar-refractivity contribution in [2.45, 2.75) is 45.8 Å². The van der Waals surface area contributed by atoms with Crippen molar-refractivity contribution in [1.29, 1.82) is 0 Å². The van der Waals surface area contributed by atoms with E-state index in [0.717, 1.165) is 0 Å². The van der Waals surface area contributed by atoms with Gasteiger partial charge in [0.05, 0.1) is 12.5 Å². The Morgan fingerprint density at radius 2 is 2.17 bits per heavy atom. The highest BCUT2D eigenvalue weighted by Crippen LogP contribution is 2.18. The summed E-state index contributed by atoms with van der Waals surface area (Å²) < 4.78 is 0. The smallest absolute Gasteiger partial charge is 0.247 e. The van der Waals surface area contributed by atoms with Crippen molar-refractivity contribution < 1.29 is 9.59 Å². The largest absolute Gasteiger partial charge is 0.301 e. The lowest BCUT2D eigenvalue weighted by Gasteiger charge is -2.19. The van der Waals surface area contributed by atoms with Gasteiger partial charge >= 0.3 is 0 Å². The minimum atomic E-state index is -0.362. The van der Waals surface area contributed by atoms with E-state index in [1.54, 1.807) is 11.3 Å². The number of imide groups is 1. The summed E-state index contributed by atoms with van der Waals surface area (Å²) in [6.45, 7) is 6.42. The Labute approximate surface area is 111 Å². The Kier molecular flexibility index (Phi) is 3.82. The summed E-state index contributed by atoms with van der Waals surface area (Å²) in [5.74, 6) is -0.169. The Morgan fingerprint density at radius 3 is 2.67 bits per heavy atom. The number of amides is 2. The molecule has 1 N–H and O–H groups in total. The molecule has 4 nitrogen and oxygen atoms in total. The SMILES string of the molecule is Cc1cscc1CNC1CC(=O)N(C(C)C)C1=O. The van der Waals surface area contributed by atoms with Gasteiger partial charge in [0.15, 0.2) is 0 Å². The Hall–Kier alpha value is -1.20. The van der Waals surface area contributed by atoms with Gasteiger partial charge in [-0.2, -0.15) is 11.3 Å². The van der Waals surface area contributed by atoms with Crippen LogP contribution in [0.15, 0.2) is 10.8 Å². The molecule has 0 bridgehead atoms. The number of likely N-dealkylation sites (tertiary alicyclic amines) is 1. The molecule has 0 saturated carbocycles. The molecule has 2 heterocycles. The van der Waals surface area contributed by atoms with Crippen LogP contribution in [0.5, 0.6) is 0 Å². The number of carbonyl (C=O) groups excluding carboxylic acids is 2. The van der Waals surface area contributed by atoms with E-state index >= 15 is 0 Å². The van der Waals surface area contributed by atoms with Crippen LogP contribution in [0, 0.1) is 6.92 Å². The molecular weight excluding hydrogens is 248 g/mol. The normalized spacial score (nSPS) is 20.2. The topological polar surface area (TPSA) is 49.4 Å². The molecule has 1 aliphatic heterocycles. The van der Waals surface area contributed by atoms with Gasteiger partial charge in [0.25, 0.3) is 0 Å². The van der Waals surface area contributed by atoms with Gasteiger partial charge in [0, 0.05) is 12.6 Å². The van der Waals surface area contributed by atoms with Crippen LogP contribution in [-0.2, 0) is 16.1 Å². The van der Waals surface area contributed by atoms with Crippen LogP contribution >= 0.6 is 11.3 Å². The van der Waals surface area contributed by atoms with E-state index in [1.165, 1.54) is 16.0 Å². The molecule has 0 radical (unpaired) electrons. The number of hydrogen-bond donors (Lipinski definition) is 1. The third-order valence-electron chi connectivity index (χ3n) is 3.20. The minimum absolute atomic E-state index is 0.0558. The van der Waals surface area contributed by atoms with Gasteiger partial charge in [-0.25, -0.2) is 0 Å². The molecule has 0 aromatic carbocycles. The molecule has 98 valence electrons. The van der Waals surface area contributed by atoms with E-state index in [-0.39, 0.29) is 30.3 Å². The molecule has 1 atom stereocenters. The van der Waals surface area contributed by atoms with E-state index in [2.05, 4.69) is 23.0 Å². The number of hydrogen-bond acceptors (Lipinski definition) is 4. The fraction of sp³-hybridized carbons (Fsp3) is 0.538. The molecule has 0 aliphatic carbocycles. The Bertz CT molecular complexity index is 467.